The first-order valence-corrected chi connectivity index (χ1v) is 4.40. The standard InChI is InChI=1S/C9H17N3O/c1-7(2)12(6-9(11)13)8(3)4-5-10/h7-8H,4,6H2,1-3H3,(H2,11,13). The maximum absolute atomic E-state index is 10.7. The second kappa shape index (κ2) is 5.55. The molecule has 0 saturated heterocycles. The van der Waals surface area contributed by atoms with Gasteiger partial charge in [-0.3, -0.25) is 9.69 Å². The average molecular weight is 183 g/mol. The number of nitrogens with zero attached hydrogens (tertiary/aromatic N) is 2. The first-order valence-electron chi connectivity index (χ1n) is 4.40. The minimum absolute atomic E-state index is 0.0810. The summed E-state index contributed by atoms with van der Waals surface area (Å²) in [5.74, 6) is -0.349. The van der Waals surface area contributed by atoms with Crippen molar-refractivity contribution in [3.63, 3.8) is 0 Å². The average Bonchev–Trinajstić information content (AvgIpc) is 1.99. The van der Waals surface area contributed by atoms with Crippen LogP contribution in [0.25, 0.3) is 0 Å². The van der Waals surface area contributed by atoms with Crippen molar-refractivity contribution < 1.29 is 4.79 Å². The van der Waals surface area contributed by atoms with E-state index in [-0.39, 0.29) is 24.5 Å². The Morgan fingerprint density at radius 1 is 1.54 bits per heavy atom. The van der Waals surface area contributed by atoms with Gasteiger partial charge in [0.2, 0.25) is 5.91 Å². The molecule has 0 aromatic carbocycles. The van der Waals surface area contributed by atoms with E-state index < -0.39 is 0 Å². The molecule has 2 N–H and O–H groups in total. The molecule has 4 heteroatoms. The van der Waals surface area contributed by atoms with Crippen molar-refractivity contribution in [2.75, 3.05) is 6.54 Å². The molecule has 1 unspecified atom stereocenters. The van der Waals surface area contributed by atoms with Crippen LogP contribution in [0, 0.1) is 11.3 Å². The summed E-state index contributed by atoms with van der Waals surface area (Å²) in [7, 11) is 0. The fourth-order valence-electron chi connectivity index (χ4n) is 1.28. The number of nitrogens with two attached hydrogens (primary N) is 1. The minimum Gasteiger partial charge on any atom is -0.369 e. The molecular weight excluding hydrogens is 166 g/mol. The van der Waals surface area contributed by atoms with Crippen LogP contribution in [-0.4, -0.2) is 29.4 Å². The van der Waals surface area contributed by atoms with Crippen molar-refractivity contribution in [2.24, 2.45) is 5.73 Å². The maximum Gasteiger partial charge on any atom is 0.231 e. The highest BCUT2D eigenvalue weighted by atomic mass is 16.1. The van der Waals surface area contributed by atoms with Crippen molar-refractivity contribution in [3.05, 3.63) is 0 Å². The molecule has 0 aromatic rings. The summed E-state index contributed by atoms with van der Waals surface area (Å²) in [4.78, 5) is 12.6. The zero-order valence-electron chi connectivity index (χ0n) is 8.45. The summed E-state index contributed by atoms with van der Waals surface area (Å²) >= 11 is 0. The number of hydrogen-bond acceptors (Lipinski definition) is 3. The Morgan fingerprint density at radius 2 is 2.08 bits per heavy atom. The van der Waals surface area contributed by atoms with Gasteiger partial charge in [0.1, 0.15) is 0 Å². The van der Waals surface area contributed by atoms with Crippen LogP contribution < -0.4 is 5.73 Å². The van der Waals surface area contributed by atoms with E-state index in [1.165, 1.54) is 0 Å². The predicted molar refractivity (Wildman–Crippen MR) is 50.7 cm³/mol. The molecule has 0 spiro atoms. The van der Waals surface area contributed by atoms with Crippen LogP contribution >= 0.6 is 0 Å². The lowest BCUT2D eigenvalue weighted by Crippen LogP contribution is -2.43. The molecule has 13 heavy (non-hydrogen) atoms. The predicted octanol–water partition coefficient (Wildman–Crippen LogP) is 0.484. The first-order chi connectivity index (χ1) is 5.99. The molecular formula is C9H17N3O. The molecule has 0 aromatic heterocycles. The highest BCUT2D eigenvalue weighted by Crippen LogP contribution is 2.07. The number of carbonyl (C=O) groups excluding carboxylic acids is 1. The van der Waals surface area contributed by atoms with E-state index in [9.17, 15) is 4.79 Å². The third-order valence-corrected chi connectivity index (χ3v) is 1.95. The lowest BCUT2D eigenvalue weighted by molar-refractivity contribution is -0.120. The van der Waals surface area contributed by atoms with Crippen LogP contribution in [0.1, 0.15) is 27.2 Å². The van der Waals surface area contributed by atoms with Gasteiger partial charge in [0.25, 0.3) is 0 Å². The van der Waals surface area contributed by atoms with Gasteiger partial charge in [-0.2, -0.15) is 5.26 Å². The largest absolute Gasteiger partial charge is 0.369 e. The van der Waals surface area contributed by atoms with Crippen molar-refractivity contribution in [1.82, 2.24) is 4.90 Å². The normalized spacial score (nSPS) is 12.9. The van der Waals surface area contributed by atoms with Gasteiger partial charge in [0.15, 0.2) is 0 Å². The highest BCUT2D eigenvalue weighted by Gasteiger charge is 2.18. The summed E-state index contributed by atoms with van der Waals surface area (Å²) < 4.78 is 0. The number of carbonyl (C=O) groups is 1. The Hall–Kier alpha value is -1.08. The highest BCUT2D eigenvalue weighted by molar-refractivity contribution is 5.76. The number of amides is 1. The van der Waals surface area contributed by atoms with E-state index in [2.05, 4.69) is 6.07 Å². The molecule has 74 valence electrons. The van der Waals surface area contributed by atoms with E-state index >= 15 is 0 Å². The van der Waals surface area contributed by atoms with E-state index in [0.29, 0.717) is 6.42 Å². The van der Waals surface area contributed by atoms with Crippen LogP contribution in [0.15, 0.2) is 0 Å². The summed E-state index contributed by atoms with van der Waals surface area (Å²) in [5, 5.41) is 8.51. The molecule has 1 atom stereocenters. The molecule has 0 bridgehead atoms. The summed E-state index contributed by atoms with van der Waals surface area (Å²) in [5.41, 5.74) is 5.10. The van der Waals surface area contributed by atoms with Crippen LogP contribution in [0.2, 0.25) is 0 Å². The SMILES string of the molecule is CC(C)N(CC(N)=O)C(C)CC#N. The van der Waals surface area contributed by atoms with E-state index in [1.807, 2.05) is 25.7 Å². The van der Waals surface area contributed by atoms with Crippen molar-refractivity contribution in [3.8, 4) is 6.07 Å². The topological polar surface area (TPSA) is 70.1 Å². The number of nitriles is 1. The minimum atomic E-state index is -0.349. The quantitative estimate of drug-likeness (QED) is 0.674. The van der Waals surface area contributed by atoms with E-state index in [4.69, 9.17) is 11.0 Å². The van der Waals surface area contributed by atoms with Gasteiger partial charge in [-0.25, -0.2) is 0 Å². The number of rotatable bonds is 5. The van der Waals surface area contributed by atoms with Crippen LogP contribution in [0.5, 0.6) is 0 Å². The summed E-state index contributed by atoms with van der Waals surface area (Å²) in [6.07, 6.45) is 0.422. The lowest BCUT2D eigenvalue weighted by Gasteiger charge is -2.29. The van der Waals surface area contributed by atoms with Crippen LogP contribution in [0.3, 0.4) is 0 Å². The molecule has 0 heterocycles. The zero-order chi connectivity index (χ0) is 10.4. The Balaban J connectivity index is 4.25. The van der Waals surface area contributed by atoms with Gasteiger partial charge in [0.05, 0.1) is 19.0 Å². The maximum atomic E-state index is 10.7. The van der Waals surface area contributed by atoms with Crippen molar-refractivity contribution in [2.45, 2.75) is 39.3 Å². The molecule has 0 aliphatic rings. The zero-order valence-corrected chi connectivity index (χ0v) is 8.45. The smallest absolute Gasteiger partial charge is 0.231 e. The van der Waals surface area contributed by atoms with Crippen LogP contribution in [-0.2, 0) is 4.79 Å². The molecule has 0 aliphatic carbocycles. The molecule has 0 fully saturated rings. The molecule has 0 aliphatic heterocycles. The van der Waals surface area contributed by atoms with Gasteiger partial charge >= 0.3 is 0 Å². The van der Waals surface area contributed by atoms with Gasteiger partial charge < -0.3 is 5.73 Å². The Bertz CT molecular complexity index is 207. The van der Waals surface area contributed by atoms with Gasteiger partial charge in [-0.1, -0.05) is 0 Å². The van der Waals surface area contributed by atoms with E-state index in [1.54, 1.807) is 0 Å². The Labute approximate surface area is 79.3 Å². The third kappa shape index (κ3) is 4.48. The number of primary amides is 1. The first kappa shape index (κ1) is 11.9. The fourth-order valence-corrected chi connectivity index (χ4v) is 1.28. The van der Waals surface area contributed by atoms with E-state index in [0.717, 1.165) is 0 Å². The Kier molecular flexibility index (Phi) is 5.09. The molecule has 0 saturated carbocycles. The summed E-state index contributed by atoms with van der Waals surface area (Å²) in [6, 6.07) is 2.40. The van der Waals surface area contributed by atoms with Crippen molar-refractivity contribution >= 4 is 5.91 Å². The second-order valence-electron chi connectivity index (χ2n) is 3.44. The van der Waals surface area contributed by atoms with Crippen molar-refractivity contribution in [1.29, 1.82) is 5.26 Å². The summed E-state index contributed by atoms with van der Waals surface area (Å²) in [6.45, 7) is 6.11. The van der Waals surface area contributed by atoms with Gasteiger partial charge in [-0.15, -0.1) is 0 Å². The third-order valence-electron chi connectivity index (χ3n) is 1.95. The van der Waals surface area contributed by atoms with Gasteiger partial charge in [0, 0.05) is 12.1 Å². The molecule has 4 nitrogen and oxygen atoms in total. The fraction of sp³-hybridized carbons (Fsp3) is 0.778. The number of hydrogen-bond donors (Lipinski definition) is 1. The monoisotopic (exact) mass is 183 g/mol. The van der Waals surface area contributed by atoms with Crippen LogP contribution in [0.4, 0.5) is 0 Å². The molecule has 0 rings (SSSR count). The second-order valence-corrected chi connectivity index (χ2v) is 3.44. The molecule has 1 amide bonds. The van der Waals surface area contributed by atoms with Gasteiger partial charge in [-0.05, 0) is 20.8 Å². The lowest BCUT2D eigenvalue weighted by atomic mass is 10.1. The molecule has 0 radical (unpaired) electrons. The Morgan fingerprint density at radius 3 is 2.38 bits per heavy atom.